The summed E-state index contributed by atoms with van der Waals surface area (Å²) in [7, 11) is 0. The first kappa shape index (κ1) is 18.1. The van der Waals surface area contributed by atoms with E-state index in [1.165, 1.54) is 0 Å². The van der Waals surface area contributed by atoms with E-state index < -0.39 is 0 Å². The van der Waals surface area contributed by atoms with Gasteiger partial charge in [-0.2, -0.15) is 0 Å². The summed E-state index contributed by atoms with van der Waals surface area (Å²) < 4.78 is 8.00. The van der Waals surface area contributed by atoms with Crippen LogP contribution in [-0.2, 0) is 17.9 Å². The second-order valence-electron chi connectivity index (χ2n) is 5.59. The van der Waals surface area contributed by atoms with Crippen LogP contribution in [0.3, 0.4) is 0 Å². The number of anilines is 1. The van der Waals surface area contributed by atoms with Crippen molar-refractivity contribution in [1.82, 2.24) is 9.55 Å². The zero-order valence-corrected chi connectivity index (χ0v) is 15.5. The Kier molecular flexibility index (Phi) is 5.86. The monoisotopic (exact) mass is 395 g/mol. The molecule has 130 valence electrons. The molecular weight excluding hydrogens is 381 g/mol. The largest absolute Gasteiger partial charge is 0.382 e. The van der Waals surface area contributed by atoms with E-state index in [4.69, 9.17) is 45.3 Å². The van der Waals surface area contributed by atoms with Crippen molar-refractivity contribution in [1.29, 1.82) is 0 Å². The highest BCUT2D eigenvalue weighted by atomic mass is 35.5. The van der Waals surface area contributed by atoms with E-state index in [9.17, 15) is 0 Å². The lowest BCUT2D eigenvalue weighted by molar-refractivity contribution is 0.0280. The summed E-state index contributed by atoms with van der Waals surface area (Å²) in [4.78, 5) is 4.04. The number of benzene rings is 2. The summed E-state index contributed by atoms with van der Waals surface area (Å²) in [6, 6.07) is 12.9. The number of aromatic nitrogens is 2. The van der Waals surface area contributed by atoms with Gasteiger partial charge in [-0.3, -0.25) is 0 Å². The molecule has 0 bridgehead atoms. The van der Waals surface area contributed by atoms with Gasteiger partial charge in [0.1, 0.15) is 11.9 Å². The lowest BCUT2D eigenvalue weighted by Crippen LogP contribution is -2.12. The molecule has 1 atom stereocenters. The molecule has 3 aromatic rings. The van der Waals surface area contributed by atoms with Gasteiger partial charge in [0.25, 0.3) is 0 Å². The maximum Gasteiger partial charge on any atom is 0.141 e. The topological polar surface area (TPSA) is 53.1 Å². The van der Waals surface area contributed by atoms with E-state index in [0.29, 0.717) is 34.0 Å². The van der Waals surface area contributed by atoms with Crippen LogP contribution >= 0.6 is 34.8 Å². The van der Waals surface area contributed by atoms with Gasteiger partial charge >= 0.3 is 0 Å². The normalized spacial score (nSPS) is 12.3. The molecule has 25 heavy (non-hydrogen) atoms. The summed E-state index contributed by atoms with van der Waals surface area (Å²) in [5, 5.41) is 1.83. The zero-order chi connectivity index (χ0) is 17.8. The second kappa shape index (κ2) is 8.11. The van der Waals surface area contributed by atoms with E-state index >= 15 is 0 Å². The molecule has 2 aromatic carbocycles. The molecule has 0 radical (unpaired) electrons. The number of hydrogen-bond donors (Lipinski definition) is 1. The van der Waals surface area contributed by atoms with Crippen LogP contribution in [0.25, 0.3) is 0 Å². The Morgan fingerprint density at radius 1 is 1.04 bits per heavy atom. The Bertz CT molecular complexity index is 849. The predicted octanol–water partition coefficient (Wildman–Crippen LogP) is 5.38. The third-order valence-electron chi connectivity index (χ3n) is 3.70. The van der Waals surface area contributed by atoms with E-state index in [0.717, 1.165) is 11.1 Å². The van der Waals surface area contributed by atoms with Crippen molar-refractivity contribution in [2.75, 3.05) is 5.73 Å². The van der Waals surface area contributed by atoms with Crippen LogP contribution in [0, 0.1) is 0 Å². The van der Waals surface area contributed by atoms with E-state index in [2.05, 4.69) is 4.98 Å². The molecule has 1 heterocycles. The van der Waals surface area contributed by atoms with Gasteiger partial charge in [0.05, 0.1) is 19.5 Å². The van der Waals surface area contributed by atoms with Gasteiger partial charge < -0.3 is 15.0 Å². The highest BCUT2D eigenvalue weighted by Crippen LogP contribution is 2.30. The predicted molar refractivity (Wildman–Crippen MR) is 102 cm³/mol. The molecule has 0 saturated carbocycles. The third kappa shape index (κ3) is 4.89. The highest BCUT2D eigenvalue weighted by molar-refractivity contribution is 6.35. The molecular formula is C18H16Cl3N3O. The lowest BCUT2D eigenvalue weighted by atomic mass is 10.1. The molecule has 2 N–H and O–H groups in total. The fourth-order valence-corrected chi connectivity index (χ4v) is 3.11. The molecule has 0 aliphatic heterocycles. The van der Waals surface area contributed by atoms with Crippen LogP contribution in [0.1, 0.15) is 17.2 Å². The molecule has 4 nitrogen and oxygen atoms in total. The van der Waals surface area contributed by atoms with E-state index in [-0.39, 0.29) is 6.10 Å². The maximum atomic E-state index is 6.37. The summed E-state index contributed by atoms with van der Waals surface area (Å²) >= 11 is 18.3. The smallest absolute Gasteiger partial charge is 0.141 e. The van der Waals surface area contributed by atoms with Crippen LogP contribution in [0.2, 0.25) is 15.1 Å². The molecule has 1 aromatic heterocycles. The van der Waals surface area contributed by atoms with Gasteiger partial charge in [0.2, 0.25) is 0 Å². The number of nitrogen functional groups attached to an aromatic ring is 1. The molecule has 0 saturated heterocycles. The SMILES string of the molecule is Nc1cn(CC(OCc2ccc(Cl)cc2)c2ccc(Cl)cc2Cl)cn1. The quantitative estimate of drug-likeness (QED) is 0.608. The minimum absolute atomic E-state index is 0.283. The van der Waals surface area contributed by atoms with Crippen LogP contribution in [0.15, 0.2) is 55.0 Å². The van der Waals surface area contributed by atoms with Crippen LogP contribution in [0.4, 0.5) is 5.82 Å². The summed E-state index contributed by atoms with van der Waals surface area (Å²) in [6.07, 6.45) is 3.13. The Morgan fingerprint density at radius 2 is 1.76 bits per heavy atom. The Morgan fingerprint density at radius 3 is 2.40 bits per heavy atom. The fourth-order valence-electron chi connectivity index (χ4n) is 2.45. The second-order valence-corrected chi connectivity index (χ2v) is 6.87. The average Bonchev–Trinajstić information content (AvgIpc) is 2.98. The van der Waals surface area contributed by atoms with Crippen molar-refractivity contribution in [3.8, 4) is 0 Å². The van der Waals surface area contributed by atoms with Crippen molar-refractivity contribution in [3.05, 3.63) is 81.2 Å². The van der Waals surface area contributed by atoms with Crippen LogP contribution in [0.5, 0.6) is 0 Å². The number of imidazole rings is 1. The molecule has 7 heteroatoms. The van der Waals surface area contributed by atoms with Gasteiger partial charge in [-0.1, -0.05) is 53.0 Å². The zero-order valence-electron chi connectivity index (χ0n) is 13.2. The minimum atomic E-state index is -0.283. The molecule has 0 amide bonds. The first-order valence-electron chi connectivity index (χ1n) is 7.59. The molecule has 0 fully saturated rings. The van der Waals surface area contributed by atoms with Gasteiger partial charge in [-0.25, -0.2) is 4.98 Å². The van der Waals surface area contributed by atoms with Crippen molar-refractivity contribution in [2.24, 2.45) is 0 Å². The van der Waals surface area contributed by atoms with Crippen molar-refractivity contribution < 1.29 is 4.74 Å². The number of hydrogen-bond acceptors (Lipinski definition) is 3. The average molecular weight is 397 g/mol. The number of rotatable bonds is 6. The summed E-state index contributed by atoms with van der Waals surface area (Å²) in [5.41, 5.74) is 7.57. The van der Waals surface area contributed by atoms with Crippen LogP contribution in [-0.4, -0.2) is 9.55 Å². The van der Waals surface area contributed by atoms with Crippen molar-refractivity contribution >= 4 is 40.6 Å². The van der Waals surface area contributed by atoms with Gasteiger partial charge in [-0.15, -0.1) is 0 Å². The van der Waals surface area contributed by atoms with E-state index in [1.54, 1.807) is 24.7 Å². The van der Waals surface area contributed by atoms with Gasteiger partial charge in [-0.05, 0) is 29.8 Å². The first-order valence-corrected chi connectivity index (χ1v) is 8.73. The van der Waals surface area contributed by atoms with Crippen molar-refractivity contribution in [2.45, 2.75) is 19.3 Å². The molecule has 3 rings (SSSR count). The van der Waals surface area contributed by atoms with E-state index in [1.807, 2.05) is 34.9 Å². The molecule has 0 aliphatic rings. The lowest BCUT2D eigenvalue weighted by Gasteiger charge is -2.20. The standard InChI is InChI=1S/C18H16Cl3N3O/c19-13-3-1-12(2-4-13)10-25-17(8-24-9-18(22)23-11-24)15-6-5-14(20)7-16(15)21/h1-7,9,11,17H,8,10,22H2. The Labute approximate surface area is 161 Å². The molecule has 1 unspecified atom stereocenters. The summed E-state index contributed by atoms with van der Waals surface area (Å²) in [6.45, 7) is 0.949. The van der Waals surface area contributed by atoms with Crippen LogP contribution < -0.4 is 5.73 Å². The Balaban J connectivity index is 1.81. The molecule has 0 aliphatic carbocycles. The maximum absolute atomic E-state index is 6.37. The highest BCUT2D eigenvalue weighted by Gasteiger charge is 2.17. The van der Waals surface area contributed by atoms with Gasteiger partial charge in [0, 0.05) is 26.8 Å². The number of ether oxygens (including phenoxy) is 1. The Hall–Kier alpha value is -1.72. The van der Waals surface area contributed by atoms with Crippen molar-refractivity contribution in [3.63, 3.8) is 0 Å². The third-order valence-corrected chi connectivity index (χ3v) is 4.52. The minimum Gasteiger partial charge on any atom is -0.382 e. The van der Waals surface area contributed by atoms with Gasteiger partial charge in [0.15, 0.2) is 0 Å². The number of nitrogens with two attached hydrogens (primary N) is 1. The molecule has 0 spiro atoms. The summed E-state index contributed by atoms with van der Waals surface area (Å²) in [5.74, 6) is 0.457. The fraction of sp³-hybridized carbons (Fsp3) is 0.167. The first-order chi connectivity index (χ1) is 12.0. The number of halogens is 3. The number of nitrogens with zero attached hydrogens (tertiary/aromatic N) is 2.